The molecule has 2 aliphatic rings. The topological polar surface area (TPSA) is 57.5 Å². The lowest BCUT2D eigenvalue weighted by Gasteiger charge is -2.51. The molecule has 2 rings (SSSR count). The molecule has 0 spiro atoms. The molecule has 0 radical (unpaired) electrons. The van der Waals surface area contributed by atoms with Gasteiger partial charge in [0.05, 0.1) is 11.0 Å². The summed E-state index contributed by atoms with van der Waals surface area (Å²) in [6, 6.07) is 0. The van der Waals surface area contributed by atoms with Crippen LogP contribution in [0.25, 0.3) is 0 Å². The summed E-state index contributed by atoms with van der Waals surface area (Å²) in [5.41, 5.74) is -1.74. The number of aliphatic hydroxyl groups is 1. The lowest BCUT2D eigenvalue weighted by atomic mass is 9.58. The van der Waals surface area contributed by atoms with Crippen LogP contribution in [0.15, 0.2) is 0 Å². The van der Waals surface area contributed by atoms with E-state index in [1.165, 1.54) is 0 Å². The van der Waals surface area contributed by atoms with Gasteiger partial charge in [-0.25, -0.2) is 0 Å². The van der Waals surface area contributed by atoms with E-state index in [0.717, 1.165) is 17.9 Å². The van der Waals surface area contributed by atoms with Crippen LogP contribution in [-0.4, -0.2) is 33.3 Å². The van der Waals surface area contributed by atoms with Gasteiger partial charge in [0.15, 0.2) is 0 Å². The van der Waals surface area contributed by atoms with Crippen molar-refractivity contribution in [3.63, 3.8) is 0 Å². The molecule has 0 aromatic carbocycles. The van der Waals surface area contributed by atoms with Crippen LogP contribution in [0, 0.1) is 5.41 Å². The summed E-state index contributed by atoms with van der Waals surface area (Å²) in [5.74, 6) is 0.948. The Hall–Kier alpha value is -0.220. The van der Waals surface area contributed by atoms with Crippen molar-refractivity contribution in [2.75, 3.05) is 11.5 Å². The third kappa shape index (κ3) is 1.27. The lowest BCUT2D eigenvalue weighted by molar-refractivity contribution is -0.186. The van der Waals surface area contributed by atoms with Crippen LogP contribution in [0.3, 0.4) is 0 Å². The predicted octanol–water partition coefficient (Wildman–Crippen LogP) is 1.50. The zero-order chi connectivity index (χ0) is 10.2. The fourth-order valence-corrected chi connectivity index (χ4v) is 3.78. The highest BCUT2D eigenvalue weighted by molar-refractivity contribution is 7.99. The van der Waals surface area contributed by atoms with E-state index < -0.39 is 17.0 Å². The third-order valence-corrected chi connectivity index (χ3v) is 4.81. The van der Waals surface area contributed by atoms with E-state index in [-0.39, 0.29) is 0 Å². The molecule has 1 saturated heterocycles. The molecule has 0 unspecified atom stereocenters. The van der Waals surface area contributed by atoms with E-state index in [0.29, 0.717) is 25.7 Å². The van der Waals surface area contributed by atoms with Crippen molar-refractivity contribution >= 4 is 17.7 Å². The van der Waals surface area contributed by atoms with E-state index >= 15 is 0 Å². The minimum atomic E-state index is -0.903. The Labute approximate surface area is 87.9 Å². The Balaban J connectivity index is 2.24. The monoisotopic (exact) mass is 216 g/mol. The minimum Gasteiger partial charge on any atom is -0.481 e. The Morgan fingerprint density at radius 3 is 2.07 bits per heavy atom. The number of rotatable bonds is 2. The number of thioether (sulfide) groups is 1. The zero-order valence-electron chi connectivity index (χ0n) is 8.16. The summed E-state index contributed by atoms with van der Waals surface area (Å²) in [6.45, 7) is 0. The third-order valence-electron chi connectivity index (χ3n) is 3.83. The van der Waals surface area contributed by atoms with E-state index in [1.54, 1.807) is 11.8 Å². The van der Waals surface area contributed by atoms with E-state index in [4.69, 9.17) is 0 Å². The van der Waals surface area contributed by atoms with Gasteiger partial charge in [0.2, 0.25) is 0 Å². The summed E-state index contributed by atoms with van der Waals surface area (Å²) in [6.07, 6.45) is 3.57. The first-order valence-electron chi connectivity index (χ1n) is 5.14. The van der Waals surface area contributed by atoms with Crippen LogP contribution >= 0.6 is 11.8 Å². The van der Waals surface area contributed by atoms with Crippen molar-refractivity contribution in [3.05, 3.63) is 0 Å². The molecular weight excluding hydrogens is 200 g/mol. The predicted molar refractivity (Wildman–Crippen MR) is 55.4 cm³/mol. The highest BCUT2D eigenvalue weighted by Gasteiger charge is 2.58. The molecule has 14 heavy (non-hydrogen) atoms. The van der Waals surface area contributed by atoms with Crippen molar-refractivity contribution in [1.82, 2.24) is 0 Å². The normalized spacial score (nSPS) is 29.2. The Morgan fingerprint density at radius 1 is 1.14 bits per heavy atom. The standard InChI is InChI=1S/C10H16O3S/c11-8(12)9(4-6-14-7-5-9)10(13)2-1-3-10/h13H,1-7H2,(H,11,12). The molecule has 2 fully saturated rings. The Kier molecular flexibility index (Phi) is 2.52. The average molecular weight is 216 g/mol. The fraction of sp³-hybridized carbons (Fsp3) is 0.900. The molecule has 1 heterocycles. The Bertz CT molecular complexity index is 242. The summed E-state index contributed by atoms with van der Waals surface area (Å²) >= 11 is 1.79. The SMILES string of the molecule is O=C(O)C1(C2(O)CCC2)CCSCC1. The van der Waals surface area contributed by atoms with Gasteiger partial charge < -0.3 is 10.2 Å². The number of hydrogen-bond donors (Lipinski definition) is 2. The van der Waals surface area contributed by atoms with Gasteiger partial charge in [0.1, 0.15) is 0 Å². The maximum Gasteiger partial charge on any atom is 0.312 e. The molecule has 80 valence electrons. The molecular formula is C10H16O3S. The molecule has 0 bridgehead atoms. The van der Waals surface area contributed by atoms with Gasteiger partial charge in [-0.2, -0.15) is 11.8 Å². The highest BCUT2D eigenvalue weighted by Crippen LogP contribution is 2.53. The fourth-order valence-electron chi connectivity index (χ4n) is 2.59. The first kappa shape index (κ1) is 10.3. The molecule has 1 aliphatic heterocycles. The number of aliphatic carboxylic acids is 1. The lowest BCUT2D eigenvalue weighted by Crippen LogP contribution is -2.58. The summed E-state index contributed by atoms with van der Waals surface area (Å²) in [7, 11) is 0. The molecule has 0 atom stereocenters. The average Bonchev–Trinajstić information content (AvgIpc) is 2.15. The number of carbonyl (C=O) groups is 1. The van der Waals surface area contributed by atoms with Gasteiger partial charge in [0, 0.05) is 0 Å². The Morgan fingerprint density at radius 2 is 1.71 bits per heavy atom. The van der Waals surface area contributed by atoms with Crippen LogP contribution < -0.4 is 0 Å². The number of hydrogen-bond acceptors (Lipinski definition) is 3. The first-order chi connectivity index (χ1) is 6.61. The second-order valence-corrected chi connectivity index (χ2v) is 5.61. The first-order valence-corrected chi connectivity index (χ1v) is 6.30. The largest absolute Gasteiger partial charge is 0.481 e. The van der Waals surface area contributed by atoms with Gasteiger partial charge in [-0.1, -0.05) is 0 Å². The van der Waals surface area contributed by atoms with Crippen molar-refractivity contribution in [1.29, 1.82) is 0 Å². The van der Waals surface area contributed by atoms with Crippen molar-refractivity contribution in [3.8, 4) is 0 Å². The van der Waals surface area contributed by atoms with Gasteiger partial charge in [-0.05, 0) is 43.6 Å². The molecule has 1 aliphatic carbocycles. The van der Waals surface area contributed by atoms with Gasteiger partial charge in [-0.3, -0.25) is 4.79 Å². The van der Waals surface area contributed by atoms with E-state index in [1.807, 2.05) is 0 Å². The zero-order valence-corrected chi connectivity index (χ0v) is 8.98. The van der Waals surface area contributed by atoms with Crippen molar-refractivity contribution < 1.29 is 15.0 Å². The molecule has 0 aromatic rings. The smallest absolute Gasteiger partial charge is 0.312 e. The second-order valence-electron chi connectivity index (χ2n) is 4.38. The maximum absolute atomic E-state index is 11.3. The number of carboxylic acids is 1. The molecule has 4 heteroatoms. The van der Waals surface area contributed by atoms with Crippen LogP contribution in [0.2, 0.25) is 0 Å². The number of carboxylic acid groups (broad SMARTS) is 1. The highest BCUT2D eigenvalue weighted by atomic mass is 32.2. The van der Waals surface area contributed by atoms with Gasteiger partial charge in [-0.15, -0.1) is 0 Å². The van der Waals surface area contributed by atoms with Crippen LogP contribution in [0.4, 0.5) is 0 Å². The van der Waals surface area contributed by atoms with Crippen LogP contribution in [0.1, 0.15) is 32.1 Å². The second kappa shape index (κ2) is 3.42. The maximum atomic E-state index is 11.3. The van der Waals surface area contributed by atoms with E-state index in [9.17, 15) is 15.0 Å². The van der Waals surface area contributed by atoms with Crippen molar-refractivity contribution in [2.45, 2.75) is 37.7 Å². The minimum absolute atomic E-state index is 0.628. The molecule has 2 N–H and O–H groups in total. The van der Waals surface area contributed by atoms with Crippen molar-refractivity contribution in [2.24, 2.45) is 5.41 Å². The molecule has 0 amide bonds. The molecule has 3 nitrogen and oxygen atoms in total. The van der Waals surface area contributed by atoms with Gasteiger partial charge in [0.25, 0.3) is 0 Å². The summed E-state index contributed by atoms with van der Waals surface area (Å²) < 4.78 is 0. The van der Waals surface area contributed by atoms with E-state index in [2.05, 4.69) is 0 Å². The summed E-state index contributed by atoms with van der Waals surface area (Å²) in [5, 5.41) is 19.6. The van der Waals surface area contributed by atoms with Gasteiger partial charge >= 0.3 is 5.97 Å². The summed E-state index contributed by atoms with van der Waals surface area (Å²) in [4.78, 5) is 11.3. The van der Waals surface area contributed by atoms with Crippen LogP contribution in [-0.2, 0) is 4.79 Å². The van der Waals surface area contributed by atoms with Crippen LogP contribution in [0.5, 0.6) is 0 Å². The molecule has 1 saturated carbocycles. The quantitative estimate of drug-likeness (QED) is 0.734. The molecule has 0 aromatic heterocycles.